The minimum Gasteiger partial charge on any atom is -0.207 e. The van der Waals surface area contributed by atoms with E-state index in [-0.39, 0.29) is 12.6 Å². The fraction of sp³-hybridized carbons (Fsp3) is 0.625. The molecule has 1 atom stereocenters. The molecule has 0 saturated carbocycles. The quantitative estimate of drug-likeness (QED) is 0.699. The van der Waals surface area contributed by atoms with Gasteiger partial charge in [0, 0.05) is 25.7 Å². The van der Waals surface area contributed by atoms with Gasteiger partial charge in [-0.3, -0.25) is 0 Å². The number of benzene rings is 1. The fourth-order valence-corrected chi connectivity index (χ4v) is 5.52. The lowest BCUT2D eigenvalue weighted by atomic mass is 10.1. The second-order valence-corrected chi connectivity index (χ2v) is 9.72. The maximum atomic E-state index is 12.8. The van der Waals surface area contributed by atoms with Crippen LogP contribution in [0.1, 0.15) is 38.7 Å². The van der Waals surface area contributed by atoms with Gasteiger partial charge in [-0.05, 0) is 43.9 Å². The molecule has 1 aromatic rings. The lowest BCUT2D eigenvalue weighted by molar-refractivity contribution is 0.268. The van der Waals surface area contributed by atoms with Gasteiger partial charge in [0.15, 0.2) is 0 Å². The van der Waals surface area contributed by atoms with Crippen molar-refractivity contribution in [1.29, 1.82) is 0 Å². The normalized spacial score (nSPS) is 19.8. The van der Waals surface area contributed by atoms with E-state index >= 15 is 0 Å². The average molecular weight is 390 g/mol. The maximum Gasteiger partial charge on any atom is 0.276 e. The largest absolute Gasteiger partial charge is 0.276 e. The molecule has 0 spiro atoms. The molecular weight excluding hydrogens is 362 g/mol. The summed E-state index contributed by atoms with van der Waals surface area (Å²) in [5, 5.41) is 0. The highest BCUT2D eigenvalue weighted by atomic mass is 32.2. The predicted molar refractivity (Wildman–Crippen MR) is 98.0 cm³/mol. The lowest BCUT2D eigenvalue weighted by Crippen LogP contribution is -2.41. The van der Waals surface area contributed by atoms with E-state index in [1.807, 2.05) is 6.92 Å². The first-order valence-corrected chi connectivity index (χ1v) is 11.5. The molecule has 7 nitrogen and oxygen atoms in total. The lowest BCUT2D eigenvalue weighted by Gasteiger charge is -2.32. The Labute approximate surface area is 151 Å². The first kappa shape index (κ1) is 20.3. The highest BCUT2D eigenvalue weighted by Gasteiger charge is 2.30. The molecule has 0 bridgehead atoms. The van der Waals surface area contributed by atoms with Crippen LogP contribution >= 0.6 is 0 Å². The van der Waals surface area contributed by atoms with E-state index in [1.165, 1.54) is 0 Å². The first-order valence-electron chi connectivity index (χ1n) is 8.61. The summed E-state index contributed by atoms with van der Waals surface area (Å²) >= 11 is 0. The fourth-order valence-electron chi connectivity index (χ4n) is 2.96. The van der Waals surface area contributed by atoms with Gasteiger partial charge in [-0.25, -0.2) is 17.9 Å². The van der Waals surface area contributed by atoms with E-state index in [9.17, 15) is 16.8 Å². The summed E-state index contributed by atoms with van der Waals surface area (Å²) in [6.45, 7) is 4.81. The van der Waals surface area contributed by atoms with Crippen molar-refractivity contribution in [2.75, 3.05) is 19.6 Å². The summed E-state index contributed by atoms with van der Waals surface area (Å²) in [4.78, 5) is 0.290. The highest BCUT2D eigenvalue weighted by molar-refractivity contribution is 7.89. The topological polar surface area (TPSA) is 95.6 Å². The molecule has 9 heteroatoms. The molecular formula is C16H27N3O4S2. The van der Waals surface area contributed by atoms with Crippen LogP contribution in [0.4, 0.5) is 0 Å². The summed E-state index contributed by atoms with van der Waals surface area (Å²) in [5.41, 5.74) is 0.879. The number of hydrogen-bond acceptors (Lipinski definition) is 4. The van der Waals surface area contributed by atoms with Crippen LogP contribution in [0.15, 0.2) is 29.2 Å². The summed E-state index contributed by atoms with van der Waals surface area (Å²) in [6.07, 6.45) is 3.34. The van der Waals surface area contributed by atoms with Crippen LogP contribution < -0.4 is 9.44 Å². The van der Waals surface area contributed by atoms with Crippen LogP contribution in [0.3, 0.4) is 0 Å². The van der Waals surface area contributed by atoms with E-state index in [2.05, 4.69) is 9.44 Å². The number of rotatable bonds is 8. The standard InChI is InChI=1S/C16H27N3O4S2/c1-3-17-25(22,23)18-12-11-15-7-9-16(10-8-15)24(20,21)19-13-5-4-6-14(19)2/h7-10,14,17-18H,3-6,11-13H2,1-2H3. The Balaban J connectivity index is 1.99. The molecule has 1 fully saturated rings. The monoisotopic (exact) mass is 389 g/mol. The molecule has 0 aromatic heterocycles. The van der Waals surface area contributed by atoms with Crippen molar-refractivity contribution in [1.82, 2.24) is 13.7 Å². The van der Waals surface area contributed by atoms with Crippen LogP contribution in [-0.4, -0.2) is 46.8 Å². The number of sulfonamides is 1. The number of hydrogen-bond donors (Lipinski definition) is 2. The predicted octanol–water partition coefficient (Wildman–Crippen LogP) is 1.24. The van der Waals surface area contributed by atoms with Crippen LogP contribution in [0.2, 0.25) is 0 Å². The van der Waals surface area contributed by atoms with Crippen LogP contribution in [-0.2, 0) is 26.7 Å². The van der Waals surface area contributed by atoms with Gasteiger partial charge in [-0.15, -0.1) is 0 Å². The molecule has 1 aromatic carbocycles. The Hall–Kier alpha value is -1.00. The van der Waals surface area contributed by atoms with Crippen molar-refractivity contribution in [2.45, 2.75) is 50.5 Å². The van der Waals surface area contributed by atoms with Crippen molar-refractivity contribution in [3.05, 3.63) is 29.8 Å². The molecule has 0 radical (unpaired) electrons. The second kappa shape index (κ2) is 8.59. The third-order valence-corrected chi connectivity index (χ3v) is 7.59. The maximum absolute atomic E-state index is 12.8. The number of nitrogens with one attached hydrogen (secondary N) is 2. The van der Waals surface area contributed by atoms with E-state index in [0.717, 1.165) is 24.8 Å². The third-order valence-electron chi connectivity index (χ3n) is 4.31. The van der Waals surface area contributed by atoms with Crippen molar-refractivity contribution in [2.24, 2.45) is 0 Å². The average Bonchev–Trinajstić information content (AvgIpc) is 2.55. The summed E-state index contributed by atoms with van der Waals surface area (Å²) in [6, 6.07) is 6.71. The molecule has 142 valence electrons. The Morgan fingerprint density at radius 3 is 2.36 bits per heavy atom. The molecule has 1 aliphatic rings. The molecule has 0 aliphatic carbocycles. The Kier molecular flexibility index (Phi) is 6.98. The molecule has 0 amide bonds. The minimum absolute atomic E-state index is 0.0268. The zero-order chi connectivity index (χ0) is 18.5. The summed E-state index contributed by atoms with van der Waals surface area (Å²) in [7, 11) is -6.92. The van der Waals surface area contributed by atoms with Crippen LogP contribution in [0, 0.1) is 0 Å². The van der Waals surface area contributed by atoms with E-state index in [4.69, 9.17) is 0 Å². The molecule has 25 heavy (non-hydrogen) atoms. The number of nitrogens with zero attached hydrogens (tertiary/aromatic N) is 1. The van der Waals surface area contributed by atoms with Crippen molar-refractivity contribution in [3.8, 4) is 0 Å². The number of piperidine rings is 1. The van der Waals surface area contributed by atoms with Crippen molar-refractivity contribution in [3.63, 3.8) is 0 Å². The molecule has 2 rings (SSSR count). The van der Waals surface area contributed by atoms with Crippen molar-refractivity contribution < 1.29 is 16.8 Å². The molecule has 1 unspecified atom stereocenters. The summed E-state index contributed by atoms with van der Waals surface area (Å²) in [5.74, 6) is 0. The highest BCUT2D eigenvalue weighted by Crippen LogP contribution is 2.25. The van der Waals surface area contributed by atoms with Gasteiger partial charge in [0.05, 0.1) is 4.90 Å². The molecule has 2 N–H and O–H groups in total. The first-order chi connectivity index (χ1) is 11.8. The van der Waals surface area contributed by atoms with Crippen LogP contribution in [0.5, 0.6) is 0 Å². The van der Waals surface area contributed by atoms with Gasteiger partial charge in [0.25, 0.3) is 10.2 Å². The third kappa shape index (κ3) is 5.49. The van der Waals surface area contributed by atoms with E-state index < -0.39 is 20.2 Å². The van der Waals surface area contributed by atoms with Gasteiger partial charge in [-0.2, -0.15) is 12.7 Å². The Morgan fingerprint density at radius 2 is 1.76 bits per heavy atom. The zero-order valence-electron chi connectivity index (χ0n) is 14.7. The zero-order valence-corrected chi connectivity index (χ0v) is 16.4. The van der Waals surface area contributed by atoms with Crippen molar-refractivity contribution >= 4 is 20.2 Å². The Bertz CT molecular complexity index is 761. The van der Waals surface area contributed by atoms with E-state index in [0.29, 0.717) is 24.4 Å². The van der Waals surface area contributed by atoms with Gasteiger partial charge in [0.1, 0.15) is 0 Å². The molecule has 1 saturated heterocycles. The minimum atomic E-state index is -3.47. The molecule has 1 heterocycles. The van der Waals surface area contributed by atoms with Gasteiger partial charge in [0.2, 0.25) is 10.0 Å². The van der Waals surface area contributed by atoms with Crippen LogP contribution in [0.25, 0.3) is 0 Å². The summed E-state index contributed by atoms with van der Waals surface area (Å²) < 4.78 is 54.9. The van der Waals surface area contributed by atoms with Gasteiger partial charge in [-0.1, -0.05) is 25.5 Å². The molecule has 1 aliphatic heterocycles. The second-order valence-electron chi connectivity index (χ2n) is 6.25. The van der Waals surface area contributed by atoms with Gasteiger partial charge >= 0.3 is 0 Å². The van der Waals surface area contributed by atoms with E-state index in [1.54, 1.807) is 35.5 Å². The smallest absolute Gasteiger partial charge is 0.207 e. The Morgan fingerprint density at radius 1 is 1.08 bits per heavy atom. The van der Waals surface area contributed by atoms with Gasteiger partial charge < -0.3 is 0 Å². The SMILES string of the molecule is CCNS(=O)(=O)NCCc1ccc(S(=O)(=O)N2CCCCC2C)cc1.